The predicted octanol–water partition coefficient (Wildman–Crippen LogP) is 1.85. The number of carbonyl (C=O) groups excluding carboxylic acids is 2. The van der Waals surface area contributed by atoms with Crippen molar-refractivity contribution in [2.75, 3.05) is 43.0 Å². The number of piperazine rings is 1. The van der Waals surface area contributed by atoms with E-state index in [4.69, 9.17) is 4.74 Å². The first kappa shape index (κ1) is 14.7. The van der Waals surface area contributed by atoms with Gasteiger partial charge in [0.2, 0.25) is 5.91 Å². The molecule has 118 valence electrons. The average Bonchev–Trinajstić information content (AvgIpc) is 2.55. The molecule has 0 spiro atoms. The Balaban J connectivity index is 1.64. The fourth-order valence-corrected chi connectivity index (χ4v) is 2.93. The number of aryl methyl sites for hydroxylation is 1. The summed E-state index contributed by atoms with van der Waals surface area (Å²) in [6.45, 7) is 5.17. The van der Waals surface area contributed by atoms with Crippen molar-refractivity contribution in [2.45, 2.75) is 19.8 Å². The second-order valence-electron chi connectivity index (χ2n) is 5.56. The van der Waals surface area contributed by atoms with E-state index in [0.29, 0.717) is 26.1 Å². The van der Waals surface area contributed by atoms with Crippen LogP contribution in [0.1, 0.15) is 18.9 Å². The molecule has 0 atom stereocenters. The number of carbonyl (C=O) groups is 2. The number of fused-ring (bicyclic) bond motifs is 1. The number of anilines is 2. The third-order valence-electron chi connectivity index (χ3n) is 4.16. The molecule has 2 heterocycles. The van der Waals surface area contributed by atoms with Crippen molar-refractivity contribution < 1.29 is 14.3 Å². The van der Waals surface area contributed by atoms with Crippen molar-refractivity contribution in [3.8, 4) is 0 Å². The highest BCUT2D eigenvalue weighted by Gasteiger charge is 2.23. The van der Waals surface area contributed by atoms with Gasteiger partial charge in [0.1, 0.15) is 0 Å². The second kappa shape index (κ2) is 6.25. The number of amides is 2. The van der Waals surface area contributed by atoms with E-state index in [9.17, 15) is 9.59 Å². The Hall–Kier alpha value is -2.24. The topological polar surface area (TPSA) is 61.9 Å². The molecule has 0 bridgehead atoms. The number of ether oxygens (including phenoxy) is 1. The zero-order chi connectivity index (χ0) is 15.5. The summed E-state index contributed by atoms with van der Waals surface area (Å²) < 4.78 is 5.04. The van der Waals surface area contributed by atoms with E-state index in [2.05, 4.69) is 16.3 Å². The molecule has 1 aromatic rings. The van der Waals surface area contributed by atoms with Crippen LogP contribution in [0.5, 0.6) is 0 Å². The van der Waals surface area contributed by atoms with Crippen LogP contribution in [0.15, 0.2) is 18.2 Å². The van der Waals surface area contributed by atoms with Crippen LogP contribution in [0.3, 0.4) is 0 Å². The first-order chi connectivity index (χ1) is 10.7. The molecule has 2 aliphatic heterocycles. The van der Waals surface area contributed by atoms with Crippen LogP contribution in [0, 0.1) is 0 Å². The van der Waals surface area contributed by atoms with Crippen LogP contribution in [-0.2, 0) is 16.0 Å². The van der Waals surface area contributed by atoms with E-state index in [1.807, 2.05) is 19.1 Å². The Morgan fingerprint density at radius 1 is 1.23 bits per heavy atom. The SMILES string of the molecule is CCOC(=O)N1CCN(c2ccc3c(c2)CCC(=O)N3)CC1. The van der Waals surface area contributed by atoms with E-state index < -0.39 is 0 Å². The van der Waals surface area contributed by atoms with E-state index in [-0.39, 0.29) is 12.0 Å². The quantitative estimate of drug-likeness (QED) is 0.906. The molecule has 3 rings (SSSR count). The number of benzene rings is 1. The van der Waals surface area contributed by atoms with Crippen LogP contribution in [0.25, 0.3) is 0 Å². The maximum absolute atomic E-state index is 11.7. The van der Waals surface area contributed by atoms with E-state index in [1.54, 1.807) is 4.90 Å². The lowest BCUT2D eigenvalue weighted by Gasteiger charge is -2.36. The van der Waals surface area contributed by atoms with Crippen molar-refractivity contribution in [3.63, 3.8) is 0 Å². The summed E-state index contributed by atoms with van der Waals surface area (Å²) in [5.74, 6) is 0.0864. The van der Waals surface area contributed by atoms with Gasteiger partial charge in [-0.15, -0.1) is 0 Å². The van der Waals surface area contributed by atoms with Crippen molar-refractivity contribution in [2.24, 2.45) is 0 Å². The molecule has 22 heavy (non-hydrogen) atoms. The maximum Gasteiger partial charge on any atom is 0.409 e. The lowest BCUT2D eigenvalue weighted by atomic mass is 10.0. The molecule has 1 N–H and O–H groups in total. The van der Waals surface area contributed by atoms with Crippen LogP contribution >= 0.6 is 0 Å². The fraction of sp³-hybridized carbons (Fsp3) is 0.500. The minimum absolute atomic E-state index is 0.0864. The molecule has 1 saturated heterocycles. The van der Waals surface area contributed by atoms with Crippen LogP contribution in [0.4, 0.5) is 16.2 Å². The number of rotatable bonds is 2. The minimum atomic E-state index is -0.227. The van der Waals surface area contributed by atoms with Crippen molar-refractivity contribution >= 4 is 23.4 Å². The largest absolute Gasteiger partial charge is 0.450 e. The lowest BCUT2D eigenvalue weighted by molar-refractivity contribution is -0.116. The van der Waals surface area contributed by atoms with Gasteiger partial charge in [-0.1, -0.05) is 0 Å². The maximum atomic E-state index is 11.7. The molecule has 2 aliphatic rings. The molecule has 1 aromatic carbocycles. The summed E-state index contributed by atoms with van der Waals surface area (Å²) in [6.07, 6.45) is 1.11. The summed E-state index contributed by atoms with van der Waals surface area (Å²) in [6, 6.07) is 6.15. The zero-order valence-electron chi connectivity index (χ0n) is 12.8. The van der Waals surface area contributed by atoms with Gasteiger partial charge in [-0.05, 0) is 37.1 Å². The zero-order valence-corrected chi connectivity index (χ0v) is 12.8. The first-order valence-corrected chi connectivity index (χ1v) is 7.77. The molecule has 6 heteroatoms. The number of hydrogen-bond acceptors (Lipinski definition) is 4. The van der Waals surface area contributed by atoms with Crippen molar-refractivity contribution in [1.29, 1.82) is 0 Å². The van der Waals surface area contributed by atoms with Gasteiger partial charge in [0.25, 0.3) is 0 Å². The van der Waals surface area contributed by atoms with Crippen molar-refractivity contribution in [1.82, 2.24) is 4.90 Å². The second-order valence-corrected chi connectivity index (χ2v) is 5.56. The minimum Gasteiger partial charge on any atom is -0.450 e. The molecular weight excluding hydrogens is 282 g/mol. The molecule has 0 radical (unpaired) electrons. The molecule has 0 aromatic heterocycles. The first-order valence-electron chi connectivity index (χ1n) is 7.77. The molecule has 6 nitrogen and oxygen atoms in total. The summed E-state index contributed by atoms with van der Waals surface area (Å²) >= 11 is 0. The summed E-state index contributed by atoms with van der Waals surface area (Å²) in [7, 11) is 0. The standard InChI is InChI=1S/C16H21N3O3/c1-2-22-16(21)19-9-7-18(8-10-19)13-4-5-14-12(11-13)3-6-15(20)17-14/h4-5,11H,2-3,6-10H2,1H3,(H,17,20). The van der Waals surface area contributed by atoms with Gasteiger partial charge in [-0.2, -0.15) is 0 Å². The van der Waals surface area contributed by atoms with Gasteiger partial charge < -0.3 is 19.9 Å². The summed E-state index contributed by atoms with van der Waals surface area (Å²) in [4.78, 5) is 27.1. The van der Waals surface area contributed by atoms with Crippen LogP contribution in [0.2, 0.25) is 0 Å². The van der Waals surface area contributed by atoms with Gasteiger partial charge in [0, 0.05) is 44.0 Å². The molecule has 0 unspecified atom stereocenters. The van der Waals surface area contributed by atoms with Crippen molar-refractivity contribution in [3.05, 3.63) is 23.8 Å². The number of hydrogen-bond donors (Lipinski definition) is 1. The van der Waals surface area contributed by atoms with Gasteiger partial charge in [-0.3, -0.25) is 4.79 Å². The fourth-order valence-electron chi connectivity index (χ4n) is 2.93. The van der Waals surface area contributed by atoms with Gasteiger partial charge >= 0.3 is 6.09 Å². The molecule has 0 saturated carbocycles. The number of nitrogens with one attached hydrogen (secondary N) is 1. The van der Waals surface area contributed by atoms with Gasteiger partial charge in [0.05, 0.1) is 6.61 Å². The van der Waals surface area contributed by atoms with Gasteiger partial charge in [-0.25, -0.2) is 4.79 Å². The highest BCUT2D eigenvalue weighted by molar-refractivity contribution is 5.94. The Labute approximate surface area is 130 Å². The molecular formula is C16H21N3O3. The Morgan fingerprint density at radius 3 is 2.73 bits per heavy atom. The normalized spacial score (nSPS) is 17.8. The average molecular weight is 303 g/mol. The molecule has 2 amide bonds. The third-order valence-corrected chi connectivity index (χ3v) is 4.16. The van der Waals surface area contributed by atoms with E-state index in [0.717, 1.165) is 30.9 Å². The van der Waals surface area contributed by atoms with E-state index in [1.165, 1.54) is 5.56 Å². The van der Waals surface area contributed by atoms with E-state index >= 15 is 0 Å². The Kier molecular flexibility index (Phi) is 4.18. The monoisotopic (exact) mass is 303 g/mol. The summed E-state index contributed by atoms with van der Waals surface area (Å²) in [5, 5.41) is 2.90. The predicted molar refractivity (Wildman–Crippen MR) is 84.2 cm³/mol. The van der Waals surface area contributed by atoms with Crippen LogP contribution in [-0.4, -0.2) is 49.7 Å². The lowest BCUT2D eigenvalue weighted by Crippen LogP contribution is -2.49. The van der Waals surface area contributed by atoms with Crippen LogP contribution < -0.4 is 10.2 Å². The van der Waals surface area contributed by atoms with Gasteiger partial charge in [0.15, 0.2) is 0 Å². The highest BCUT2D eigenvalue weighted by Crippen LogP contribution is 2.28. The molecule has 0 aliphatic carbocycles. The molecule has 1 fully saturated rings. The number of nitrogens with zero attached hydrogens (tertiary/aromatic N) is 2. The smallest absolute Gasteiger partial charge is 0.409 e. The highest BCUT2D eigenvalue weighted by atomic mass is 16.6. The summed E-state index contributed by atoms with van der Waals surface area (Å²) in [5.41, 5.74) is 3.26. The third kappa shape index (κ3) is 3.00. The Morgan fingerprint density at radius 2 is 2.00 bits per heavy atom. The Bertz CT molecular complexity index is 580.